The molecule has 5 heteroatoms. The van der Waals surface area contributed by atoms with Gasteiger partial charge in [-0.05, 0) is 65.9 Å². The second-order valence-electron chi connectivity index (χ2n) is 8.42. The highest BCUT2D eigenvalue weighted by molar-refractivity contribution is 5.76. The van der Waals surface area contributed by atoms with Gasteiger partial charge in [0.25, 0.3) is 0 Å². The number of amides is 1. The predicted molar refractivity (Wildman–Crippen MR) is 135 cm³/mol. The standard InChI is InChI=1S/C30H28FNO3/c31-25-16-14-24(15-17-25)30(34)28(32-29(33)20-13-22-7-3-1-4-8-22)21-23-11-18-27(19-12-23)35-26-9-5-2-6-10-26/h1-12,14-19,28,30,34H,13,20-21H2,(H,32,33). The molecule has 0 saturated heterocycles. The Kier molecular flexibility index (Phi) is 8.25. The number of hydrogen-bond acceptors (Lipinski definition) is 3. The van der Waals surface area contributed by atoms with E-state index >= 15 is 0 Å². The van der Waals surface area contributed by atoms with Crippen LogP contribution in [0.15, 0.2) is 109 Å². The summed E-state index contributed by atoms with van der Waals surface area (Å²) in [5.74, 6) is 0.917. The van der Waals surface area contributed by atoms with Crippen LogP contribution in [-0.2, 0) is 17.6 Å². The Balaban J connectivity index is 1.45. The van der Waals surface area contributed by atoms with Gasteiger partial charge in [-0.15, -0.1) is 0 Å². The zero-order chi connectivity index (χ0) is 24.5. The van der Waals surface area contributed by atoms with Gasteiger partial charge < -0.3 is 15.2 Å². The van der Waals surface area contributed by atoms with Gasteiger partial charge in [-0.25, -0.2) is 4.39 Å². The first kappa shape index (κ1) is 24.2. The van der Waals surface area contributed by atoms with Gasteiger partial charge in [0.15, 0.2) is 0 Å². The lowest BCUT2D eigenvalue weighted by Gasteiger charge is -2.25. The second-order valence-corrected chi connectivity index (χ2v) is 8.42. The Morgan fingerprint density at radius 3 is 2.03 bits per heavy atom. The van der Waals surface area contributed by atoms with E-state index in [9.17, 15) is 14.3 Å². The van der Waals surface area contributed by atoms with Gasteiger partial charge in [0.2, 0.25) is 5.91 Å². The summed E-state index contributed by atoms with van der Waals surface area (Å²) in [5.41, 5.74) is 2.55. The molecule has 2 N–H and O–H groups in total. The van der Waals surface area contributed by atoms with Crippen molar-refractivity contribution in [2.24, 2.45) is 0 Å². The number of para-hydroxylation sites is 1. The fourth-order valence-electron chi connectivity index (χ4n) is 3.89. The molecule has 0 bridgehead atoms. The highest BCUT2D eigenvalue weighted by atomic mass is 19.1. The first-order chi connectivity index (χ1) is 17.1. The fourth-order valence-corrected chi connectivity index (χ4v) is 3.89. The molecule has 0 heterocycles. The third kappa shape index (κ3) is 7.26. The van der Waals surface area contributed by atoms with Gasteiger partial charge in [0.1, 0.15) is 17.3 Å². The fraction of sp³-hybridized carbons (Fsp3) is 0.167. The quantitative estimate of drug-likeness (QED) is 0.299. The van der Waals surface area contributed by atoms with Crippen LogP contribution in [0, 0.1) is 5.82 Å². The van der Waals surface area contributed by atoms with E-state index in [0.29, 0.717) is 30.6 Å². The Hall–Kier alpha value is -3.96. The maximum atomic E-state index is 13.4. The molecular weight excluding hydrogens is 441 g/mol. The number of aliphatic hydroxyl groups is 1. The number of aryl methyl sites for hydroxylation is 1. The van der Waals surface area contributed by atoms with E-state index in [0.717, 1.165) is 16.9 Å². The predicted octanol–water partition coefficient (Wildman–Crippen LogP) is 6.01. The molecule has 35 heavy (non-hydrogen) atoms. The average molecular weight is 470 g/mol. The van der Waals surface area contributed by atoms with Gasteiger partial charge in [0.05, 0.1) is 12.1 Å². The van der Waals surface area contributed by atoms with Gasteiger partial charge in [-0.1, -0.05) is 72.8 Å². The Morgan fingerprint density at radius 1 is 0.771 bits per heavy atom. The second kappa shape index (κ2) is 12.0. The molecule has 178 valence electrons. The lowest BCUT2D eigenvalue weighted by atomic mass is 9.95. The minimum Gasteiger partial charge on any atom is -0.457 e. The molecule has 0 fully saturated rings. The zero-order valence-electron chi connectivity index (χ0n) is 19.3. The van der Waals surface area contributed by atoms with E-state index in [1.807, 2.05) is 84.9 Å². The van der Waals surface area contributed by atoms with Gasteiger partial charge in [-0.2, -0.15) is 0 Å². The number of ether oxygens (including phenoxy) is 1. The summed E-state index contributed by atoms with van der Waals surface area (Å²) in [6.07, 6.45) is 0.329. The molecule has 4 aromatic carbocycles. The molecule has 0 aromatic heterocycles. The molecule has 0 aliphatic carbocycles. The van der Waals surface area contributed by atoms with Crippen LogP contribution in [0.25, 0.3) is 0 Å². The Labute approximate surface area is 205 Å². The molecule has 0 radical (unpaired) electrons. The topological polar surface area (TPSA) is 58.6 Å². The SMILES string of the molecule is O=C(CCc1ccccc1)NC(Cc1ccc(Oc2ccccc2)cc1)C(O)c1ccc(F)cc1. The summed E-state index contributed by atoms with van der Waals surface area (Å²) in [4.78, 5) is 12.8. The number of halogens is 1. The van der Waals surface area contributed by atoms with Crippen LogP contribution >= 0.6 is 0 Å². The maximum absolute atomic E-state index is 13.4. The highest BCUT2D eigenvalue weighted by Crippen LogP contribution is 2.24. The summed E-state index contributed by atoms with van der Waals surface area (Å²) in [6.45, 7) is 0. The number of hydrogen-bond donors (Lipinski definition) is 2. The molecule has 4 rings (SSSR count). The van der Waals surface area contributed by atoms with Crippen LogP contribution in [-0.4, -0.2) is 17.1 Å². The summed E-state index contributed by atoms with van der Waals surface area (Å²) in [5, 5.41) is 14.0. The molecule has 0 aliphatic rings. The molecule has 2 unspecified atom stereocenters. The lowest BCUT2D eigenvalue weighted by Crippen LogP contribution is -2.41. The molecule has 2 atom stereocenters. The van der Waals surface area contributed by atoms with Crippen LogP contribution in [0.1, 0.15) is 29.2 Å². The van der Waals surface area contributed by atoms with Crippen LogP contribution in [0.2, 0.25) is 0 Å². The first-order valence-corrected chi connectivity index (χ1v) is 11.7. The van der Waals surface area contributed by atoms with Crippen molar-refractivity contribution in [1.82, 2.24) is 5.32 Å². The smallest absolute Gasteiger partial charge is 0.220 e. The van der Waals surface area contributed by atoms with Crippen molar-refractivity contribution in [3.63, 3.8) is 0 Å². The maximum Gasteiger partial charge on any atom is 0.220 e. The van der Waals surface area contributed by atoms with Crippen molar-refractivity contribution < 1.29 is 19.0 Å². The molecule has 0 saturated carbocycles. The molecule has 4 nitrogen and oxygen atoms in total. The number of nitrogens with one attached hydrogen (secondary N) is 1. The molecule has 0 spiro atoms. The van der Waals surface area contributed by atoms with Crippen molar-refractivity contribution in [2.75, 3.05) is 0 Å². The largest absolute Gasteiger partial charge is 0.457 e. The Bertz CT molecular complexity index is 1200. The van der Waals surface area contributed by atoms with E-state index in [4.69, 9.17) is 4.74 Å². The van der Waals surface area contributed by atoms with Crippen LogP contribution in [0.5, 0.6) is 11.5 Å². The number of rotatable bonds is 10. The third-order valence-corrected chi connectivity index (χ3v) is 5.78. The van der Waals surface area contributed by atoms with Crippen LogP contribution in [0.4, 0.5) is 4.39 Å². The summed E-state index contributed by atoms with van der Waals surface area (Å²) in [6, 6.07) is 32.0. The van der Waals surface area contributed by atoms with E-state index in [-0.39, 0.29) is 11.7 Å². The molecule has 1 amide bonds. The molecule has 4 aromatic rings. The van der Waals surface area contributed by atoms with Crippen molar-refractivity contribution in [3.8, 4) is 11.5 Å². The first-order valence-electron chi connectivity index (χ1n) is 11.7. The molecular formula is C30H28FNO3. The number of carbonyl (C=O) groups excluding carboxylic acids is 1. The summed E-state index contributed by atoms with van der Waals surface area (Å²) < 4.78 is 19.3. The highest BCUT2D eigenvalue weighted by Gasteiger charge is 2.23. The number of carbonyl (C=O) groups is 1. The van der Waals surface area contributed by atoms with Crippen LogP contribution < -0.4 is 10.1 Å². The number of benzene rings is 4. The van der Waals surface area contributed by atoms with Crippen molar-refractivity contribution in [1.29, 1.82) is 0 Å². The number of aliphatic hydroxyl groups excluding tert-OH is 1. The van der Waals surface area contributed by atoms with E-state index in [1.54, 1.807) is 12.1 Å². The van der Waals surface area contributed by atoms with Crippen molar-refractivity contribution in [2.45, 2.75) is 31.4 Å². The third-order valence-electron chi connectivity index (χ3n) is 5.78. The van der Waals surface area contributed by atoms with E-state index in [2.05, 4.69) is 5.32 Å². The van der Waals surface area contributed by atoms with Gasteiger partial charge in [0, 0.05) is 6.42 Å². The monoisotopic (exact) mass is 469 g/mol. The minimum absolute atomic E-state index is 0.149. The minimum atomic E-state index is -0.989. The van der Waals surface area contributed by atoms with Gasteiger partial charge in [-0.3, -0.25) is 4.79 Å². The van der Waals surface area contributed by atoms with E-state index < -0.39 is 12.1 Å². The Morgan fingerprint density at radius 2 is 1.37 bits per heavy atom. The lowest BCUT2D eigenvalue weighted by molar-refractivity contribution is -0.122. The van der Waals surface area contributed by atoms with Gasteiger partial charge >= 0.3 is 0 Å². The van der Waals surface area contributed by atoms with Crippen LogP contribution in [0.3, 0.4) is 0 Å². The summed E-state index contributed by atoms with van der Waals surface area (Å²) in [7, 11) is 0. The molecule has 0 aliphatic heterocycles. The van der Waals surface area contributed by atoms with E-state index in [1.165, 1.54) is 12.1 Å². The summed E-state index contributed by atoms with van der Waals surface area (Å²) >= 11 is 0. The van der Waals surface area contributed by atoms with Crippen molar-refractivity contribution >= 4 is 5.91 Å². The zero-order valence-corrected chi connectivity index (χ0v) is 19.3. The van der Waals surface area contributed by atoms with Crippen molar-refractivity contribution in [3.05, 3.63) is 132 Å². The normalized spacial score (nSPS) is 12.5. The average Bonchev–Trinajstić information content (AvgIpc) is 2.89.